The number of amides is 1. The van der Waals surface area contributed by atoms with E-state index >= 15 is 0 Å². The normalized spacial score (nSPS) is 11.0. The van der Waals surface area contributed by atoms with Gasteiger partial charge in [-0.2, -0.15) is 5.10 Å². The van der Waals surface area contributed by atoms with Gasteiger partial charge in [0, 0.05) is 24.6 Å². The van der Waals surface area contributed by atoms with Gasteiger partial charge in [0.2, 0.25) is 5.88 Å². The monoisotopic (exact) mass is 507 g/mol. The summed E-state index contributed by atoms with van der Waals surface area (Å²) in [5.74, 6) is 0.419. The van der Waals surface area contributed by atoms with Gasteiger partial charge in [-0.25, -0.2) is 5.43 Å². The highest BCUT2D eigenvalue weighted by molar-refractivity contribution is 9.11. The lowest BCUT2D eigenvalue weighted by Crippen LogP contribution is -2.17. The Morgan fingerprint density at radius 1 is 1.26 bits per heavy atom. The number of rotatable bonds is 4. The minimum absolute atomic E-state index is 0.0954. The molecule has 1 aromatic heterocycles. The lowest BCUT2D eigenvalue weighted by atomic mass is 10.2. The first-order chi connectivity index (χ1) is 10.8. The van der Waals surface area contributed by atoms with Crippen LogP contribution in [0, 0.1) is 0 Å². The summed E-state index contributed by atoms with van der Waals surface area (Å²) in [5, 5.41) is 13.7. The minimum atomic E-state index is -0.542. The quantitative estimate of drug-likeness (QED) is 0.480. The molecule has 0 fully saturated rings. The van der Waals surface area contributed by atoms with Crippen molar-refractivity contribution in [1.29, 1.82) is 0 Å². The zero-order valence-corrected chi connectivity index (χ0v) is 16.9. The third kappa shape index (κ3) is 4.36. The topological polar surface area (TPSA) is 78.1 Å². The number of hydrogen-bond donors (Lipinski definition) is 2. The Labute approximate surface area is 157 Å². The maximum atomic E-state index is 12.1. The number of hydrogen-bond acceptors (Lipinski definition) is 5. The number of furan rings is 1. The van der Waals surface area contributed by atoms with Crippen LogP contribution in [-0.2, 0) is 0 Å². The lowest BCUT2D eigenvalue weighted by molar-refractivity contribution is 0.0952. The summed E-state index contributed by atoms with van der Waals surface area (Å²) < 4.78 is 7.38. The summed E-state index contributed by atoms with van der Waals surface area (Å²) in [6.07, 6.45) is 1.37. The summed E-state index contributed by atoms with van der Waals surface area (Å²) in [5.41, 5.74) is 2.44. The molecule has 0 aliphatic rings. The average molecular weight is 510 g/mol. The van der Waals surface area contributed by atoms with Gasteiger partial charge in [-0.15, -0.1) is 0 Å². The third-order valence-electron chi connectivity index (χ3n) is 2.72. The summed E-state index contributed by atoms with van der Waals surface area (Å²) in [6.45, 7) is 0. The van der Waals surface area contributed by atoms with Crippen LogP contribution in [0.4, 0.5) is 5.88 Å². The van der Waals surface area contributed by atoms with Crippen LogP contribution >= 0.6 is 47.8 Å². The van der Waals surface area contributed by atoms with E-state index in [0.29, 0.717) is 20.6 Å². The van der Waals surface area contributed by atoms with Gasteiger partial charge in [0.1, 0.15) is 5.75 Å². The van der Waals surface area contributed by atoms with Crippen molar-refractivity contribution in [1.82, 2.24) is 5.43 Å². The average Bonchev–Trinajstić information content (AvgIpc) is 2.84. The third-order valence-corrected chi connectivity index (χ3v) is 4.36. The van der Waals surface area contributed by atoms with Gasteiger partial charge in [-0.3, -0.25) is 4.79 Å². The van der Waals surface area contributed by atoms with Crippen LogP contribution in [0.25, 0.3) is 0 Å². The molecule has 0 bridgehead atoms. The molecule has 0 aliphatic heterocycles. The molecule has 2 N–H and O–H groups in total. The fraction of sp³-hybridized carbons (Fsp3) is 0.143. The maximum absolute atomic E-state index is 12.1. The Bertz CT molecular complexity index is 772. The van der Waals surface area contributed by atoms with Gasteiger partial charge in [0.15, 0.2) is 5.76 Å². The number of aromatic hydroxyl groups is 1. The molecule has 1 heterocycles. The second kappa shape index (κ2) is 7.50. The standard InChI is InChI=1S/C14H12Br3N3O3/c1-20(2)14-11(17)5-8(23-14)6-18-19-13(22)9-3-7(15)4-10(16)12(9)21/h3-6,21H,1-2H3,(H,19,22)/b18-6-. The molecule has 0 unspecified atom stereocenters. The Morgan fingerprint density at radius 2 is 1.96 bits per heavy atom. The number of nitrogens with zero attached hydrogens (tertiary/aromatic N) is 2. The molecule has 0 saturated carbocycles. The van der Waals surface area contributed by atoms with Crippen molar-refractivity contribution >= 4 is 65.8 Å². The van der Waals surface area contributed by atoms with Crippen molar-refractivity contribution < 1.29 is 14.3 Å². The highest BCUT2D eigenvalue weighted by Gasteiger charge is 2.14. The van der Waals surface area contributed by atoms with E-state index in [0.717, 1.165) is 4.47 Å². The molecule has 23 heavy (non-hydrogen) atoms. The smallest absolute Gasteiger partial charge is 0.275 e. The van der Waals surface area contributed by atoms with Gasteiger partial charge < -0.3 is 14.4 Å². The second-order valence-corrected chi connectivity index (χ2v) is 7.30. The zero-order valence-electron chi connectivity index (χ0n) is 12.1. The molecule has 1 amide bonds. The van der Waals surface area contributed by atoms with E-state index in [9.17, 15) is 9.90 Å². The molecule has 122 valence electrons. The van der Waals surface area contributed by atoms with Gasteiger partial charge in [0.25, 0.3) is 5.91 Å². The number of hydrazone groups is 1. The summed E-state index contributed by atoms with van der Waals surface area (Å²) in [6, 6.07) is 4.87. The lowest BCUT2D eigenvalue weighted by Gasteiger charge is -2.07. The Balaban J connectivity index is 2.12. The number of halogens is 3. The molecule has 9 heteroatoms. The van der Waals surface area contributed by atoms with Crippen LogP contribution < -0.4 is 10.3 Å². The zero-order chi connectivity index (χ0) is 17.1. The Morgan fingerprint density at radius 3 is 2.57 bits per heavy atom. The second-order valence-electron chi connectivity index (χ2n) is 4.68. The number of benzene rings is 1. The first-order valence-electron chi connectivity index (χ1n) is 6.27. The van der Waals surface area contributed by atoms with Crippen LogP contribution in [0.3, 0.4) is 0 Å². The molecule has 2 rings (SSSR count). The molecule has 0 spiro atoms. The molecule has 0 aliphatic carbocycles. The molecule has 2 aromatic rings. The molecule has 0 saturated heterocycles. The van der Waals surface area contributed by atoms with Crippen LogP contribution in [-0.4, -0.2) is 31.3 Å². The van der Waals surface area contributed by atoms with E-state index in [1.54, 1.807) is 17.0 Å². The molecule has 6 nitrogen and oxygen atoms in total. The van der Waals surface area contributed by atoms with E-state index in [1.807, 2.05) is 14.1 Å². The van der Waals surface area contributed by atoms with E-state index in [4.69, 9.17) is 4.42 Å². The predicted octanol–water partition coefficient (Wildman–Crippen LogP) is 4.10. The van der Waals surface area contributed by atoms with Crippen LogP contribution in [0.5, 0.6) is 5.75 Å². The molecular weight excluding hydrogens is 498 g/mol. The van der Waals surface area contributed by atoms with Crippen molar-refractivity contribution in [3.63, 3.8) is 0 Å². The fourth-order valence-electron chi connectivity index (χ4n) is 1.70. The Hall–Kier alpha value is -1.32. The number of carbonyl (C=O) groups is 1. The molecule has 0 atom stereocenters. The van der Waals surface area contributed by atoms with Crippen LogP contribution in [0.2, 0.25) is 0 Å². The summed E-state index contributed by atoms with van der Waals surface area (Å²) >= 11 is 9.80. The van der Waals surface area contributed by atoms with E-state index in [-0.39, 0.29) is 11.3 Å². The van der Waals surface area contributed by atoms with Gasteiger partial charge in [0.05, 0.1) is 20.7 Å². The van der Waals surface area contributed by atoms with E-state index in [2.05, 4.69) is 58.3 Å². The highest BCUT2D eigenvalue weighted by Crippen LogP contribution is 2.31. The number of nitrogens with one attached hydrogen (secondary N) is 1. The predicted molar refractivity (Wildman–Crippen MR) is 99.3 cm³/mol. The number of carbonyl (C=O) groups excluding carboxylic acids is 1. The highest BCUT2D eigenvalue weighted by atomic mass is 79.9. The van der Waals surface area contributed by atoms with Crippen LogP contribution in [0.15, 0.2) is 41.1 Å². The van der Waals surface area contributed by atoms with Crippen molar-refractivity contribution in [3.05, 3.63) is 42.9 Å². The maximum Gasteiger partial charge on any atom is 0.275 e. The van der Waals surface area contributed by atoms with Gasteiger partial charge in [-0.1, -0.05) is 15.9 Å². The summed E-state index contributed by atoms with van der Waals surface area (Å²) in [7, 11) is 3.69. The first kappa shape index (κ1) is 18.0. The fourth-order valence-corrected chi connectivity index (χ4v) is 3.59. The number of anilines is 1. The van der Waals surface area contributed by atoms with Crippen LogP contribution in [0.1, 0.15) is 16.1 Å². The van der Waals surface area contributed by atoms with Crippen molar-refractivity contribution in [3.8, 4) is 5.75 Å². The largest absolute Gasteiger partial charge is 0.506 e. The van der Waals surface area contributed by atoms with Crippen molar-refractivity contribution in [2.45, 2.75) is 0 Å². The SMILES string of the molecule is CN(C)c1oc(/C=N\NC(=O)c2cc(Br)cc(Br)c2O)cc1Br. The van der Waals surface area contributed by atoms with Gasteiger partial charge >= 0.3 is 0 Å². The Kier molecular flexibility index (Phi) is 5.88. The summed E-state index contributed by atoms with van der Waals surface area (Å²) in [4.78, 5) is 13.9. The number of phenols is 1. The molecular formula is C14H12Br3N3O3. The van der Waals surface area contributed by atoms with Crippen molar-refractivity contribution in [2.24, 2.45) is 5.10 Å². The van der Waals surface area contributed by atoms with E-state index in [1.165, 1.54) is 12.3 Å². The van der Waals surface area contributed by atoms with Gasteiger partial charge in [-0.05, 0) is 44.0 Å². The first-order valence-corrected chi connectivity index (χ1v) is 8.65. The van der Waals surface area contributed by atoms with Crippen molar-refractivity contribution in [2.75, 3.05) is 19.0 Å². The molecule has 1 aromatic carbocycles. The molecule has 0 radical (unpaired) electrons. The van der Waals surface area contributed by atoms with E-state index < -0.39 is 5.91 Å². The number of phenolic OH excluding ortho intramolecular Hbond substituents is 1. The minimum Gasteiger partial charge on any atom is -0.506 e.